The van der Waals surface area contributed by atoms with Gasteiger partial charge in [-0.05, 0) is 50.1 Å². The molecule has 1 aromatic carbocycles. The van der Waals surface area contributed by atoms with Gasteiger partial charge in [0.1, 0.15) is 11.3 Å². The lowest BCUT2D eigenvalue weighted by atomic mass is 10.1. The monoisotopic (exact) mass is 333 g/mol. The number of para-hydroxylation sites is 1. The molecular weight excluding hydrogens is 310 g/mol. The fourth-order valence-electron chi connectivity index (χ4n) is 4.50. The molecule has 0 radical (unpaired) electrons. The van der Waals surface area contributed by atoms with Crippen molar-refractivity contribution in [3.8, 4) is 0 Å². The SMILES string of the molecule is Cc1cc(N2C[C@H]3CCN(Cc4cc5ccccc5o4)[C@H]3C2)ccn1. The number of anilines is 1. The summed E-state index contributed by atoms with van der Waals surface area (Å²) in [7, 11) is 0. The van der Waals surface area contributed by atoms with E-state index in [4.69, 9.17) is 4.42 Å². The number of fused-ring (bicyclic) bond motifs is 2. The highest BCUT2D eigenvalue weighted by molar-refractivity contribution is 5.77. The van der Waals surface area contributed by atoms with Crippen molar-refractivity contribution in [1.29, 1.82) is 0 Å². The lowest BCUT2D eigenvalue weighted by Crippen LogP contribution is -2.34. The van der Waals surface area contributed by atoms with Crippen LogP contribution in [0.25, 0.3) is 11.0 Å². The Morgan fingerprint density at radius 3 is 2.96 bits per heavy atom. The maximum Gasteiger partial charge on any atom is 0.134 e. The number of likely N-dealkylation sites (tertiary alicyclic amines) is 1. The van der Waals surface area contributed by atoms with Crippen LogP contribution < -0.4 is 4.90 Å². The normalized spacial score (nSPS) is 23.5. The number of pyridine rings is 1. The van der Waals surface area contributed by atoms with Crippen LogP contribution in [0.15, 0.2) is 53.1 Å². The molecule has 2 aromatic heterocycles. The molecule has 0 spiro atoms. The predicted molar refractivity (Wildman–Crippen MR) is 99.7 cm³/mol. The van der Waals surface area contributed by atoms with Gasteiger partial charge < -0.3 is 9.32 Å². The fraction of sp³-hybridized carbons (Fsp3) is 0.381. The third-order valence-corrected chi connectivity index (χ3v) is 5.74. The Hall–Kier alpha value is -2.33. The number of aromatic nitrogens is 1. The summed E-state index contributed by atoms with van der Waals surface area (Å²) < 4.78 is 6.04. The zero-order valence-corrected chi connectivity index (χ0v) is 14.6. The molecule has 2 aliphatic heterocycles. The number of benzene rings is 1. The van der Waals surface area contributed by atoms with Gasteiger partial charge in [-0.25, -0.2) is 0 Å². The van der Waals surface area contributed by atoms with E-state index in [0.29, 0.717) is 6.04 Å². The predicted octanol–water partition coefficient (Wildman–Crippen LogP) is 3.85. The zero-order valence-electron chi connectivity index (χ0n) is 14.6. The molecule has 0 N–H and O–H groups in total. The van der Waals surface area contributed by atoms with Crippen molar-refractivity contribution in [2.75, 3.05) is 24.5 Å². The summed E-state index contributed by atoms with van der Waals surface area (Å²) in [4.78, 5) is 9.46. The van der Waals surface area contributed by atoms with Crippen LogP contribution in [0, 0.1) is 12.8 Å². The molecule has 2 fully saturated rings. The summed E-state index contributed by atoms with van der Waals surface area (Å²) in [6.45, 7) is 6.42. The average molecular weight is 333 g/mol. The van der Waals surface area contributed by atoms with Crippen molar-refractivity contribution in [3.05, 3.63) is 60.1 Å². The Labute approximate surface area is 148 Å². The van der Waals surface area contributed by atoms with Crippen LogP contribution in [0.1, 0.15) is 17.9 Å². The van der Waals surface area contributed by atoms with Gasteiger partial charge in [0, 0.05) is 42.1 Å². The summed E-state index contributed by atoms with van der Waals surface area (Å²) in [5, 5.41) is 1.20. The van der Waals surface area contributed by atoms with E-state index < -0.39 is 0 Å². The topological polar surface area (TPSA) is 32.5 Å². The zero-order chi connectivity index (χ0) is 16.8. The number of furan rings is 1. The van der Waals surface area contributed by atoms with E-state index in [0.717, 1.165) is 42.6 Å². The Kier molecular flexibility index (Phi) is 3.52. The molecule has 5 rings (SSSR count). The van der Waals surface area contributed by atoms with E-state index in [1.165, 1.54) is 24.0 Å². The largest absolute Gasteiger partial charge is 0.460 e. The van der Waals surface area contributed by atoms with Crippen molar-refractivity contribution in [3.63, 3.8) is 0 Å². The molecule has 0 saturated carbocycles. The number of hydrogen-bond acceptors (Lipinski definition) is 4. The van der Waals surface area contributed by atoms with Gasteiger partial charge in [0.15, 0.2) is 0 Å². The average Bonchev–Trinajstić information content (AvgIpc) is 3.29. The number of rotatable bonds is 3. The van der Waals surface area contributed by atoms with Crippen molar-refractivity contribution in [1.82, 2.24) is 9.88 Å². The lowest BCUT2D eigenvalue weighted by Gasteiger charge is -2.24. The third-order valence-electron chi connectivity index (χ3n) is 5.74. The van der Waals surface area contributed by atoms with Crippen molar-refractivity contribution in [2.45, 2.75) is 25.9 Å². The standard InChI is InChI=1S/C21H23N3O/c1-15-10-18(6-8-22-15)24-12-17-7-9-23(20(17)14-24)13-19-11-16-4-2-3-5-21(16)25-19/h2-6,8,10-11,17,20H,7,9,12-14H2,1H3/t17-,20+/m1/s1. The van der Waals surface area contributed by atoms with Crippen molar-refractivity contribution in [2.24, 2.45) is 5.92 Å². The molecule has 128 valence electrons. The van der Waals surface area contributed by atoms with Gasteiger partial charge in [0.2, 0.25) is 0 Å². The van der Waals surface area contributed by atoms with Gasteiger partial charge in [-0.15, -0.1) is 0 Å². The molecule has 3 aromatic rings. The van der Waals surface area contributed by atoms with E-state index in [-0.39, 0.29) is 0 Å². The van der Waals surface area contributed by atoms with E-state index in [9.17, 15) is 0 Å². The van der Waals surface area contributed by atoms with Gasteiger partial charge in [0.25, 0.3) is 0 Å². The maximum absolute atomic E-state index is 6.04. The smallest absolute Gasteiger partial charge is 0.134 e. The van der Waals surface area contributed by atoms with Crippen LogP contribution in [0.5, 0.6) is 0 Å². The fourth-order valence-corrected chi connectivity index (χ4v) is 4.50. The van der Waals surface area contributed by atoms with E-state index in [1.54, 1.807) is 0 Å². The maximum atomic E-state index is 6.04. The molecule has 0 unspecified atom stereocenters. The second-order valence-corrected chi connectivity index (χ2v) is 7.40. The Bertz CT molecular complexity index is 870. The van der Waals surface area contributed by atoms with Crippen LogP contribution in [0.4, 0.5) is 5.69 Å². The first-order valence-electron chi connectivity index (χ1n) is 9.15. The summed E-state index contributed by atoms with van der Waals surface area (Å²) in [6, 6.07) is 15.4. The molecule has 0 amide bonds. The summed E-state index contributed by atoms with van der Waals surface area (Å²) >= 11 is 0. The Balaban J connectivity index is 1.33. The summed E-state index contributed by atoms with van der Waals surface area (Å²) in [5.41, 5.74) is 3.40. The van der Waals surface area contributed by atoms with Crippen LogP contribution in [0.3, 0.4) is 0 Å². The lowest BCUT2D eigenvalue weighted by molar-refractivity contribution is 0.228. The Morgan fingerprint density at radius 2 is 2.08 bits per heavy atom. The Morgan fingerprint density at radius 1 is 1.16 bits per heavy atom. The highest BCUT2D eigenvalue weighted by Gasteiger charge is 2.41. The van der Waals surface area contributed by atoms with E-state index in [2.05, 4.69) is 58.1 Å². The molecule has 4 heterocycles. The highest BCUT2D eigenvalue weighted by atomic mass is 16.3. The minimum Gasteiger partial charge on any atom is -0.460 e. The first-order chi connectivity index (χ1) is 12.3. The molecule has 2 atom stereocenters. The number of hydrogen-bond donors (Lipinski definition) is 0. The first-order valence-corrected chi connectivity index (χ1v) is 9.15. The van der Waals surface area contributed by atoms with Gasteiger partial charge in [-0.2, -0.15) is 0 Å². The van der Waals surface area contributed by atoms with Gasteiger partial charge in [-0.3, -0.25) is 9.88 Å². The van der Waals surface area contributed by atoms with Crippen LogP contribution in [-0.4, -0.2) is 35.6 Å². The van der Waals surface area contributed by atoms with Gasteiger partial charge >= 0.3 is 0 Å². The second-order valence-electron chi connectivity index (χ2n) is 7.40. The van der Waals surface area contributed by atoms with Crippen LogP contribution in [0.2, 0.25) is 0 Å². The van der Waals surface area contributed by atoms with E-state index in [1.807, 2.05) is 12.3 Å². The highest BCUT2D eigenvalue weighted by Crippen LogP contribution is 2.35. The van der Waals surface area contributed by atoms with Gasteiger partial charge in [-0.1, -0.05) is 18.2 Å². The van der Waals surface area contributed by atoms with Crippen molar-refractivity contribution < 1.29 is 4.42 Å². The molecule has 0 aliphatic carbocycles. The molecular formula is C21H23N3O. The number of aryl methyl sites for hydroxylation is 1. The van der Waals surface area contributed by atoms with Gasteiger partial charge in [0.05, 0.1) is 6.54 Å². The second kappa shape index (κ2) is 5.88. The number of nitrogens with zero attached hydrogens (tertiary/aromatic N) is 3. The van der Waals surface area contributed by atoms with E-state index >= 15 is 0 Å². The third kappa shape index (κ3) is 2.71. The molecule has 4 nitrogen and oxygen atoms in total. The molecule has 4 heteroatoms. The van der Waals surface area contributed by atoms with Crippen molar-refractivity contribution >= 4 is 16.7 Å². The van der Waals surface area contributed by atoms with Crippen LogP contribution >= 0.6 is 0 Å². The summed E-state index contributed by atoms with van der Waals surface area (Å²) in [5.74, 6) is 1.85. The molecule has 2 aliphatic rings. The molecule has 0 bridgehead atoms. The minimum absolute atomic E-state index is 0.627. The molecule has 2 saturated heterocycles. The first kappa shape index (κ1) is 15.0. The summed E-state index contributed by atoms with van der Waals surface area (Å²) in [6.07, 6.45) is 3.20. The minimum atomic E-state index is 0.627. The van der Waals surface area contributed by atoms with Crippen LogP contribution in [-0.2, 0) is 6.54 Å². The quantitative estimate of drug-likeness (QED) is 0.729. The molecule has 25 heavy (non-hydrogen) atoms.